The monoisotopic (exact) mass is 394 g/mol. The van der Waals surface area contributed by atoms with Gasteiger partial charge in [0.05, 0.1) is 5.01 Å². The van der Waals surface area contributed by atoms with Gasteiger partial charge < -0.3 is 14.4 Å². The van der Waals surface area contributed by atoms with Crippen LogP contribution in [0.25, 0.3) is 0 Å². The van der Waals surface area contributed by atoms with Gasteiger partial charge in [0.2, 0.25) is 0 Å². The molecule has 0 spiro atoms. The number of nitrogens with zero attached hydrogens (tertiary/aromatic N) is 2. The molecule has 0 radical (unpaired) electrons. The highest BCUT2D eigenvalue weighted by Crippen LogP contribution is 2.34. The van der Waals surface area contributed by atoms with E-state index in [1.807, 2.05) is 48.7 Å². The second-order valence-corrected chi connectivity index (χ2v) is 7.49. The van der Waals surface area contributed by atoms with Crippen LogP contribution in [0.15, 0.2) is 53.9 Å². The highest BCUT2D eigenvalue weighted by atomic mass is 32.1. The zero-order chi connectivity index (χ0) is 19.3. The molecule has 5 nitrogen and oxygen atoms in total. The molecule has 144 valence electrons. The smallest absolute Gasteiger partial charge is 0.273 e. The summed E-state index contributed by atoms with van der Waals surface area (Å²) in [4.78, 5) is 19.4. The van der Waals surface area contributed by atoms with Gasteiger partial charge in [-0.2, -0.15) is 0 Å². The first-order valence-electron chi connectivity index (χ1n) is 9.39. The fourth-order valence-corrected chi connectivity index (χ4v) is 4.02. The van der Waals surface area contributed by atoms with E-state index in [0.717, 1.165) is 28.5 Å². The summed E-state index contributed by atoms with van der Waals surface area (Å²) >= 11 is 1.53. The standard InChI is InChI=1S/C22H22N2O3S/c1-2-24(14-17-9-6-10-19-21(17)27-12-11-26-19)22(25)18-15-28-20(23-18)13-16-7-4-3-5-8-16/h3-10,15H,2,11-14H2,1H3. The minimum absolute atomic E-state index is 0.0626. The number of hydrogen-bond donors (Lipinski definition) is 0. The van der Waals surface area contributed by atoms with Crippen molar-refractivity contribution in [3.63, 3.8) is 0 Å². The molecule has 6 heteroatoms. The maximum Gasteiger partial charge on any atom is 0.273 e. The summed E-state index contributed by atoms with van der Waals surface area (Å²) in [5, 5.41) is 2.79. The first-order valence-corrected chi connectivity index (χ1v) is 10.3. The van der Waals surface area contributed by atoms with Crippen LogP contribution in [-0.2, 0) is 13.0 Å². The van der Waals surface area contributed by atoms with Crippen LogP contribution in [0.5, 0.6) is 11.5 Å². The molecule has 0 saturated heterocycles. The minimum atomic E-state index is -0.0626. The van der Waals surface area contributed by atoms with Crippen LogP contribution >= 0.6 is 11.3 Å². The number of amides is 1. The van der Waals surface area contributed by atoms with E-state index in [0.29, 0.717) is 32.0 Å². The van der Waals surface area contributed by atoms with Crippen LogP contribution in [0, 0.1) is 0 Å². The summed E-state index contributed by atoms with van der Waals surface area (Å²) in [6.45, 7) is 4.11. The van der Waals surface area contributed by atoms with Crippen LogP contribution in [0.2, 0.25) is 0 Å². The first kappa shape index (κ1) is 18.5. The normalized spacial score (nSPS) is 12.6. The van der Waals surface area contributed by atoms with E-state index in [1.54, 1.807) is 4.90 Å². The van der Waals surface area contributed by atoms with Crippen molar-refractivity contribution in [3.8, 4) is 11.5 Å². The zero-order valence-electron chi connectivity index (χ0n) is 15.8. The van der Waals surface area contributed by atoms with Gasteiger partial charge in [0, 0.05) is 30.5 Å². The summed E-state index contributed by atoms with van der Waals surface area (Å²) in [6.07, 6.45) is 0.738. The Morgan fingerprint density at radius 1 is 1.11 bits per heavy atom. The SMILES string of the molecule is CCN(Cc1cccc2c1OCCO2)C(=O)c1csc(Cc2ccccc2)n1. The summed E-state index contributed by atoms with van der Waals surface area (Å²) in [5.41, 5.74) is 2.64. The van der Waals surface area contributed by atoms with Crippen molar-refractivity contribution < 1.29 is 14.3 Å². The van der Waals surface area contributed by atoms with Crippen molar-refractivity contribution in [1.29, 1.82) is 0 Å². The predicted octanol–water partition coefficient (Wildman–Crippen LogP) is 4.17. The van der Waals surface area contributed by atoms with Crippen molar-refractivity contribution in [2.24, 2.45) is 0 Å². The Bertz CT molecular complexity index is 955. The van der Waals surface area contributed by atoms with Crippen LogP contribution in [0.3, 0.4) is 0 Å². The summed E-state index contributed by atoms with van der Waals surface area (Å²) in [7, 11) is 0. The Labute approximate surface area is 168 Å². The molecule has 4 rings (SSSR count). The fraction of sp³-hybridized carbons (Fsp3) is 0.273. The highest BCUT2D eigenvalue weighted by Gasteiger charge is 2.22. The second-order valence-electron chi connectivity index (χ2n) is 6.55. The average Bonchev–Trinajstić information content (AvgIpc) is 3.21. The van der Waals surface area contributed by atoms with Gasteiger partial charge >= 0.3 is 0 Å². The number of thiazole rings is 1. The minimum Gasteiger partial charge on any atom is -0.486 e. The third-order valence-corrected chi connectivity index (χ3v) is 5.50. The predicted molar refractivity (Wildman–Crippen MR) is 109 cm³/mol. The molecular weight excluding hydrogens is 372 g/mol. The van der Waals surface area contributed by atoms with Gasteiger partial charge in [-0.1, -0.05) is 42.5 Å². The van der Waals surface area contributed by atoms with Crippen molar-refractivity contribution >= 4 is 17.2 Å². The lowest BCUT2D eigenvalue weighted by Gasteiger charge is -2.25. The van der Waals surface area contributed by atoms with Gasteiger partial charge in [0.25, 0.3) is 5.91 Å². The van der Waals surface area contributed by atoms with Crippen LogP contribution in [-0.4, -0.2) is 35.5 Å². The Balaban J connectivity index is 1.49. The molecule has 0 unspecified atom stereocenters. The number of aromatic nitrogens is 1. The van der Waals surface area contributed by atoms with E-state index in [1.165, 1.54) is 16.9 Å². The second kappa shape index (κ2) is 8.44. The lowest BCUT2D eigenvalue weighted by Crippen LogP contribution is -2.31. The van der Waals surface area contributed by atoms with Gasteiger partial charge in [-0.3, -0.25) is 4.79 Å². The first-order chi connectivity index (χ1) is 13.7. The van der Waals surface area contributed by atoms with E-state index in [4.69, 9.17) is 9.47 Å². The number of ether oxygens (including phenoxy) is 2. The fourth-order valence-electron chi connectivity index (χ4n) is 3.21. The summed E-state index contributed by atoms with van der Waals surface area (Å²) < 4.78 is 11.4. The van der Waals surface area contributed by atoms with Gasteiger partial charge in [-0.15, -0.1) is 11.3 Å². The molecule has 0 atom stereocenters. The zero-order valence-corrected chi connectivity index (χ0v) is 16.6. The van der Waals surface area contributed by atoms with Crippen molar-refractivity contribution in [2.75, 3.05) is 19.8 Å². The third-order valence-electron chi connectivity index (χ3n) is 4.65. The number of para-hydroxylation sites is 1. The number of carbonyl (C=O) groups excluding carboxylic acids is 1. The summed E-state index contributed by atoms with van der Waals surface area (Å²) in [6, 6.07) is 16.0. The Hall–Kier alpha value is -2.86. The topological polar surface area (TPSA) is 51.7 Å². The largest absolute Gasteiger partial charge is 0.486 e. The summed E-state index contributed by atoms with van der Waals surface area (Å²) in [5.74, 6) is 1.42. The van der Waals surface area contributed by atoms with Crippen molar-refractivity contribution in [2.45, 2.75) is 19.9 Å². The molecule has 0 saturated carbocycles. The molecule has 28 heavy (non-hydrogen) atoms. The molecule has 1 aliphatic heterocycles. The molecule has 2 heterocycles. The number of carbonyl (C=O) groups is 1. The van der Waals surface area contributed by atoms with Crippen LogP contribution in [0.1, 0.15) is 33.5 Å². The van der Waals surface area contributed by atoms with Gasteiger partial charge in [-0.25, -0.2) is 4.98 Å². The number of fused-ring (bicyclic) bond motifs is 1. The van der Waals surface area contributed by atoms with E-state index in [2.05, 4.69) is 17.1 Å². The quantitative estimate of drug-likeness (QED) is 0.630. The molecule has 1 amide bonds. The molecule has 0 aliphatic carbocycles. The maximum absolute atomic E-state index is 13.0. The molecule has 3 aromatic rings. The van der Waals surface area contributed by atoms with Gasteiger partial charge in [-0.05, 0) is 18.6 Å². The van der Waals surface area contributed by atoms with Crippen LogP contribution in [0.4, 0.5) is 0 Å². The van der Waals surface area contributed by atoms with Gasteiger partial charge in [0.1, 0.15) is 18.9 Å². The number of hydrogen-bond acceptors (Lipinski definition) is 5. The van der Waals surface area contributed by atoms with E-state index in [9.17, 15) is 4.79 Å². The number of benzene rings is 2. The molecule has 0 fully saturated rings. The Morgan fingerprint density at radius 2 is 1.93 bits per heavy atom. The molecule has 1 aromatic heterocycles. The third kappa shape index (κ3) is 4.02. The van der Waals surface area contributed by atoms with E-state index >= 15 is 0 Å². The van der Waals surface area contributed by atoms with Crippen molar-refractivity contribution in [3.05, 3.63) is 75.7 Å². The maximum atomic E-state index is 13.0. The average molecular weight is 394 g/mol. The highest BCUT2D eigenvalue weighted by molar-refractivity contribution is 7.09. The molecule has 0 bridgehead atoms. The Kier molecular flexibility index (Phi) is 5.58. The van der Waals surface area contributed by atoms with E-state index in [-0.39, 0.29) is 5.91 Å². The van der Waals surface area contributed by atoms with Crippen molar-refractivity contribution in [1.82, 2.24) is 9.88 Å². The Morgan fingerprint density at radius 3 is 2.75 bits per heavy atom. The molecule has 2 aromatic carbocycles. The molecule has 0 N–H and O–H groups in total. The van der Waals surface area contributed by atoms with E-state index < -0.39 is 0 Å². The lowest BCUT2D eigenvalue weighted by molar-refractivity contribution is 0.0744. The molecule has 1 aliphatic rings. The van der Waals surface area contributed by atoms with Gasteiger partial charge in [0.15, 0.2) is 11.5 Å². The lowest BCUT2D eigenvalue weighted by atomic mass is 10.1. The van der Waals surface area contributed by atoms with Crippen LogP contribution < -0.4 is 9.47 Å². The number of rotatable bonds is 6. The molecular formula is C22H22N2O3S.